The number of hydrogen-bond acceptors (Lipinski definition) is 2. The lowest BCUT2D eigenvalue weighted by molar-refractivity contribution is -0.109. The zero-order valence-electron chi connectivity index (χ0n) is 7.92. The number of rotatable bonds is 3. The average molecular weight is 211 g/mol. The molecule has 0 aliphatic heterocycles. The minimum absolute atomic E-state index is 0.323. The first-order valence-corrected chi connectivity index (χ1v) is 4.90. The van der Waals surface area contributed by atoms with Crippen LogP contribution in [0.4, 0.5) is 0 Å². The van der Waals surface area contributed by atoms with Crippen molar-refractivity contribution in [1.82, 2.24) is 0 Å². The van der Waals surface area contributed by atoms with Crippen molar-refractivity contribution in [2.24, 2.45) is 0 Å². The van der Waals surface area contributed by atoms with Crippen LogP contribution in [0, 0.1) is 0 Å². The number of ether oxygens (including phenoxy) is 1. The van der Waals surface area contributed by atoms with Crippen molar-refractivity contribution in [1.29, 1.82) is 0 Å². The number of methoxy groups -OCH3 is 1. The highest BCUT2D eigenvalue weighted by atomic mass is 35.5. The highest BCUT2D eigenvalue weighted by Crippen LogP contribution is 2.50. The molecular weight excluding hydrogens is 200 g/mol. The maximum absolute atomic E-state index is 11.0. The third kappa shape index (κ3) is 1.30. The van der Waals surface area contributed by atoms with Gasteiger partial charge in [0.2, 0.25) is 0 Å². The Kier molecular flexibility index (Phi) is 2.23. The predicted octanol–water partition coefficient (Wildman–Crippen LogP) is 2.58. The van der Waals surface area contributed by atoms with E-state index in [2.05, 4.69) is 0 Å². The lowest BCUT2D eigenvalue weighted by Gasteiger charge is -2.13. The summed E-state index contributed by atoms with van der Waals surface area (Å²) in [5.74, 6) is 0.638. The summed E-state index contributed by atoms with van der Waals surface area (Å²) in [6.45, 7) is 0. The molecule has 14 heavy (non-hydrogen) atoms. The minimum Gasteiger partial charge on any atom is -0.495 e. The van der Waals surface area contributed by atoms with Crippen LogP contribution in [-0.2, 0) is 10.2 Å². The van der Waals surface area contributed by atoms with Crippen molar-refractivity contribution >= 4 is 17.9 Å². The summed E-state index contributed by atoms with van der Waals surface area (Å²) in [5.41, 5.74) is 0.596. The van der Waals surface area contributed by atoms with E-state index in [-0.39, 0.29) is 5.41 Å². The van der Waals surface area contributed by atoms with E-state index in [1.54, 1.807) is 13.2 Å². The van der Waals surface area contributed by atoms with Crippen LogP contribution in [0.3, 0.4) is 0 Å². The molecule has 3 heteroatoms. The van der Waals surface area contributed by atoms with E-state index < -0.39 is 0 Å². The average Bonchev–Trinajstić information content (AvgIpc) is 2.98. The maximum atomic E-state index is 11.0. The fraction of sp³-hybridized carbons (Fsp3) is 0.364. The van der Waals surface area contributed by atoms with Gasteiger partial charge in [-0.15, -0.1) is 0 Å². The molecule has 0 spiro atoms. The van der Waals surface area contributed by atoms with E-state index in [1.165, 1.54) is 0 Å². The fourth-order valence-electron chi connectivity index (χ4n) is 1.69. The Bertz CT molecular complexity index is 370. The van der Waals surface area contributed by atoms with Gasteiger partial charge in [-0.2, -0.15) is 0 Å². The van der Waals surface area contributed by atoms with E-state index in [0.29, 0.717) is 10.8 Å². The summed E-state index contributed by atoms with van der Waals surface area (Å²) in [4.78, 5) is 11.0. The van der Waals surface area contributed by atoms with Crippen molar-refractivity contribution < 1.29 is 9.53 Å². The lowest BCUT2D eigenvalue weighted by Crippen LogP contribution is -2.09. The van der Waals surface area contributed by atoms with Crippen LogP contribution in [0.1, 0.15) is 18.4 Å². The third-order valence-electron chi connectivity index (χ3n) is 2.72. The number of aldehydes is 1. The Hall–Kier alpha value is -1.02. The SMILES string of the molecule is COc1c(Cl)cccc1C1(C=O)CC1. The standard InChI is InChI=1S/C11H11ClO2/c1-14-10-8(3-2-4-9(10)12)11(7-13)5-6-11/h2-4,7H,5-6H2,1H3. The second-order valence-electron chi connectivity index (χ2n) is 3.59. The van der Waals surface area contributed by atoms with Crippen LogP contribution in [0.5, 0.6) is 5.75 Å². The Morgan fingerprint density at radius 3 is 2.71 bits per heavy atom. The number of para-hydroxylation sites is 1. The van der Waals surface area contributed by atoms with Gasteiger partial charge >= 0.3 is 0 Å². The Morgan fingerprint density at radius 2 is 2.21 bits per heavy atom. The molecule has 2 nitrogen and oxygen atoms in total. The van der Waals surface area contributed by atoms with Crippen molar-refractivity contribution in [3.05, 3.63) is 28.8 Å². The number of halogens is 1. The first kappa shape index (κ1) is 9.53. The second kappa shape index (κ2) is 3.28. The molecule has 1 aromatic carbocycles. The van der Waals surface area contributed by atoms with Gasteiger partial charge in [0.15, 0.2) is 0 Å². The number of carbonyl (C=O) groups is 1. The molecule has 0 bridgehead atoms. The van der Waals surface area contributed by atoms with Crippen LogP contribution >= 0.6 is 11.6 Å². The topological polar surface area (TPSA) is 26.3 Å². The van der Waals surface area contributed by atoms with E-state index in [0.717, 1.165) is 24.7 Å². The quantitative estimate of drug-likeness (QED) is 0.717. The van der Waals surface area contributed by atoms with Gasteiger partial charge < -0.3 is 9.53 Å². The molecule has 0 unspecified atom stereocenters. The molecular formula is C11H11ClO2. The van der Waals surface area contributed by atoms with Crippen molar-refractivity contribution in [2.45, 2.75) is 18.3 Å². The third-order valence-corrected chi connectivity index (χ3v) is 3.02. The summed E-state index contributed by atoms with van der Waals surface area (Å²) in [6, 6.07) is 5.53. The Labute approximate surface area is 87.8 Å². The fourth-order valence-corrected chi connectivity index (χ4v) is 1.95. The number of benzene rings is 1. The largest absolute Gasteiger partial charge is 0.495 e. The van der Waals surface area contributed by atoms with Crippen LogP contribution in [0.15, 0.2) is 18.2 Å². The summed E-state index contributed by atoms with van der Waals surface area (Å²) in [7, 11) is 1.57. The predicted molar refractivity (Wildman–Crippen MR) is 55.0 cm³/mol. The summed E-state index contributed by atoms with van der Waals surface area (Å²) in [6.07, 6.45) is 2.79. The molecule has 0 N–H and O–H groups in total. The first-order chi connectivity index (χ1) is 6.73. The Morgan fingerprint density at radius 1 is 1.50 bits per heavy atom. The molecule has 0 amide bonds. The first-order valence-electron chi connectivity index (χ1n) is 4.53. The number of hydrogen-bond donors (Lipinski definition) is 0. The normalized spacial score (nSPS) is 17.6. The van der Waals surface area contributed by atoms with Gasteiger partial charge in [0.1, 0.15) is 12.0 Å². The van der Waals surface area contributed by atoms with Gasteiger partial charge in [0.05, 0.1) is 17.5 Å². The Balaban J connectivity index is 2.52. The van der Waals surface area contributed by atoms with Crippen molar-refractivity contribution in [3.63, 3.8) is 0 Å². The summed E-state index contributed by atoms with van der Waals surface area (Å²) in [5, 5.41) is 0.568. The highest BCUT2D eigenvalue weighted by molar-refractivity contribution is 6.32. The molecule has 0 aromatic heterocycles. The minimum atomic E-state index is -0.323. The lowest BCUT2D eigenvalue weighted by atomic mass is 9.97. The van der Waals surface area contributed by atoms with E-state index in [9.17, 15) is 4.79 Å². The zero-order chi connectivity index (χ0) is 10.2. The molecule has 1 aliphatic carbocycles. The molecule has 2 rings (SSSR count). The second-order valence-corrected chi connectivity index (χ2v) is 4.00. The van der Waals surface area contributed by atoms with Gasteiger partial charge in [-0.25, -0.2) is 0 Å². The van der Waals surface area contributed by atoms with E-state index in [1.807, 2.05) is 12.1 Å². The molecule has 0 heterocycles. The van der Waals surface area contributed by atoms with Crippen molar-refractivity contribution in [2.75, 3.05) is 7.11 Å². The van der Waals surface area contributed by atoms with Crippen LogP contribution in [0.25, 0.3) is 0 Å². The smallest absolute Gasteiger partial charge is 0.141 e. The van der Waals surface area contributed by atoms with Crippen LogP contribution < -0.4 is 4.74 Å². The van der Waals surface area contributed by atoms with Crippen molar-refractivity contribution in [3.8, 4) is 5.75 Å². The van der Waals surface area contributed by atoms with Gasteiger partial charge in [0, 0.05) is 5.56 Å². The van der Waals surface area contributed by atoms with E-state index in [4.69, 9.17) is 16.3 Å². The summed E-state index contributed by atoms with van der Waals surface area (Å²) < 4.78 is 5.21. The zero-order valence-corrected chi connectivity index (χ0v) is 8.67. The molecule has 1 aliphatic rings. The van der Waals surface area contributed by atoms with Gasteiger partial charge in [-0.3, -0.25) is 0 Å². The highest BCUT2D eigenvalue weighted by Gasteiger charge is 2.46. The van der Waals surface area contributed by atoms with Crippen LogP contribution in [0.2, 0.25) is 5.02 Å². The monoisotopic (exact) mass is 210 g/mol. The molecule has 0 saturated heterocycles. The molecule has 1 fully saturated rings. The molecule has 1 saturated carbocycles. The van der Waals surface area contributed by atoms with Gasteiger partial charge in [-0.05, 0) is 18.9 Å². The van der Waals surface area contributed by atoms with Gasteiger partial charge in [0.25, 0.3) is 0 Å². The molecule has 0 radical (unpaired) electrons. The maximum Gasteiger partial charge on any atom is 0.141 e. The van der Waals surface area contributed by atoms with Crippen LogP contribution in [-0.4, -0.2) is 13.4 Å². The summed E-state index contributed by atoms with van der Waals surface area (Å²) >= 11 is 5.98. The molecule has 0 atom stereocenters. The van der Waals surface area contributed by atoms with E-state index >= 15 is 0 Å². The number of carbonyl (C=O) groups excluding carboxylic acids is 1. The molecule has 1 aromatic rings. The van der Waals surface area contributed by atoms with Gasteiger partial charge in [-0.1, -0.05) is 23.7 Å². The molecule has 74 valence electrons.